The maximum absolute atomic E-state index is 12.6. The normalized spacial score (nSPS) is 11.3. The Hall–Kier alpha value is -2.65. The molecule has 0 spiro atoms. The lowest BCUT2D eigenvalue weighted by atomic mass is 10.1. The number of para-hydroxylation sites is 1. The third-order valence-corrected chi connectivity index (χ3v) is 4.77. The molecular weight excluding hydrogens is 418 g/mol. The van der Waals surface area contributed by atoms with Crippen LogP contribution in [0.3, 0.4) is 0 Å². The molecule has 0 heterocycles. The van der Waals surface area contributed by atoms with Gasteiger partial charge in [0.2, 0.25) is 11.8 Å². The van der Waals surface area contributed by atoms with Crippen molar-refractivity contribution in [3.63, 3.8) is 0 Å². The standard InChI is InChI=1S/C22H24BrN3O2/c1-17(16-18-8-10-19(23)11-9-18)25-21(27)12-13-22(28)26(15-5-14-24)20-6-3-2-4-7-20/h2-4,6-11,17H,5,12-13,15-16H2,1H3,(H,25,27). The Labute approximate surface area is 174 Å². The molecule has 2 amide bonds. The highest BCUT2D eigenvalue weighted by molar-refractivity contribution is 9.10. The summed E-state index contributed by atoms with van der Waals surface area (Å²) in [6.45, 7) is 2.27. The van der Waals surface area contributed by atoms with Crippen molar-refractivity contribution in [2.45, 2.75) is 38.6 Å². The summed E-state index contributed by atoms with van der Waals surface area (Å²) >= 11 is 3.41. The molecule has 0 bridgehead atoms. The molecule has 0 saturated carbocycles. The van der Waals surface area contributed by atoms with E-state index in [-0.39, 0.29) is 37.1 Å². The molecular formula is C22H24BrN3O2. The minimum absolute atomic E-state index is 0.0207. The van der Waals surface area contributed by atoms with Crippen LogP contribution < -0.4 is 10.2 Å². The van der Waals surface area contributed by atoms with Crippen LogP contribution in [0.1, 0.15) is 31.7 Å². The molecule has 6 heteroatoms. The van der Waals surface area contributed by atoms with Crippen molar-refractivity contribution in [2.24, 2.45) is 0 Å². The van der Waals surface area contributed by atoms with Gasteiger partial charge in [-0.1, -0.05) is 46.3 Å². The number of halogens is 1. The monoisotopic (exact) mass is 441 g/mol. The van der Waals surface area contributed by atoms with Crippen molar-refractivity contribution >= 4 is 33.4 Å². The number of hydrogen-bond acceptors (Lipinski definition) is 3. The molecule has 0 saturated heterocycles. The predicted molar refractivity (Wildman–Crippen MR) is 114 cm³/mol. The minimum Gasteiger partial charge on any atom is -0.353 e. The third-order valence-electron chi connectivity index (χ3n) is 4.24. The molecule has 0 aliphatic rings. The van der Waals surface area contributed by atoms with Crippen LogP contribution in [0.15, 0.2) is 59.1 Å². The van der Waals surface area contributed by atoms with Crippen molar-refractivity contribution in [2.75, 3.05) is 11.4 Å². The highest BCUT2D eigenvalue weighted by Gasteiger charge is 2.17. The fraction of sp³-hybridized carbons (Fsp3) is 0.318. The quantitative estimate of drug-likeness (QED) is 0.632. The number of amides is 2. The van der Waals surface area contributed by atoms with Crippen molar-refractivity contribution in [1.29, 1.82) is 5.26 Å². The number of hydrogen-bond donors (Lipinski definition) is 1. The number of rotatable bonds is 9. The smallest absolute Gasteiger partial charge is 0.227 e. The fourth-order valence-electron chi connectivity index (χ4n) is 2.90. The maximum Gasteiger partial charge on any atom is 0.227 e. The van der Waals surface area contributed by atoms with Crippen LogP contribution in [-0.2, 0) is 16.0 Å². The Balaban J connectivity index is 1.84. The maximum atomic E-state index is 12.6. The van der Waals surface area contributed by atoms with Crippen molar-refractivity contribution in [3.05, 3.63) is 64.6 Å². The van der Waals surface area contributed by atoms with Gasteiger partial charge in [-0.15, -0.1) is 0 Å². The van der Waals surface area contributed by atoms with E-state index in [1.54, 1.807) is 4.90 Å². The molecule has 0 aliphatic heterocycles. The lowest BCUT2D eigenvalue weighted by Gasteiger charge is -2.22. The second kappa shape index (κ2) is 11.3. The van der Waals surface area contributed by atoms with E-state index in [4.69, 9.17) is 5.26 Å². The average molecular weight is 442 g/mol. The van der Waals surface area contributed by atoms with Gasteiger partial charge < -0.3 is 10.2 Å². The zero-order valence-electron chi connectivity index (χ0n) is 15.9. The molecule has 0 fully saturated rings. The van der Waals surface area contributed by atoms with Crippen LogP contribution in [0.25, 0.3) is 0 Å². The number of nitriles is 1. The van der Waals surface area contributed by atoms with Crippen molar-refractivity contribution < 1.29 is 9.59 Å². The Bertz CT molecular complexity index is 816. The molecule has 0 aliphatic carbocycles. The first kappa shape index (κ1) is 21.6. The van der Waals surface area contributed by atoms with Crippen LogP contribution in [0, 0.1) is 11.3 Å². The van der Waals surface area contributed by atoms with Crippen LogP contribution in [0.5, 0.6) is 0 Å². The largest absolute Gasteiger partial charge is 0.353 e. The lowest BCUT2D eigenvalue weighted by molar-refractivity contribution is -0.125. The Morgan fingerprint density at radius 3 is 2.43 bits per heavy atom. The summed E-state index contributed by atoms with van der Waals surface area (Å²) in [7, 11) is 0. The van der Waals surface area contributed by atoms with Crippen LogP contribution in [0.2, 0.25) is 0 Å². The van der Waals surface area contributed by atoms with Gasteiger partial charge in [0, 0.05) is 35.6 Å². The average Bonchev–Trinajstić information content (AvgIpc) is 2.69. The number of benzene rings is 2. The van der Waals surface area contributed by atoms with E-state index in [9.17, 15) is 9.59 Å². The van der Waals surface area contributed by atoms with Gasteiger partial charge >= 0.3 is 0 Å². The number of nitrogens with one attached hydrogen (secondary N) is 1. The molecule has 0 radical (unpaired) electrons. The summed E-state index contributed by atoms with van der Waals surface area (Å²) in [5.74, 6) is -0.302. The summed E-state index contributed by atoms with van der Waals surface area (Å²) < 4.78 is 1.02. The Morgan fingerprint density at radius 2 is 1.79 bits per heavy atom. The van der Waals surface area contributed by atoms with Gasteiger partial charge in [0.25, 0.3) is 0 Å². The number of carbonyl (C=O) groups is 2. The fourth-order valence-corrected chi connectivity index (χ4v) is 3.16. The van der Waals surface area contributed by atoms with Gasteiger partial charge in [-0.05, 0) is 43.2 Å². The van der Waals surface area contributed by atoms with E-state index in [1.165, 1.54) is 0 Å². The number of carbonyl (C=O) groups excluding carboxylic acids is 2. The predicted octanol–water partition coefficient (Wildman–Crippen LogP) is 4.22. The summed E-state index contributed by atoms with van der Waals surface area (Å²) in [6.07, 6.45) is 1.21. The first-order chi connectivity index (χ1) is 13.5. The minimum atomic E-state index is -0.155. The first-order valence-electron chi connectivity index (χ1n) is 9.25. The molecule has 28 heavy (non-hydrogen) atoms. The molecule has 1 unspecified atom stereocenters. The second-order valence-electron chi connectivity index (χ2n) is 6.59. The number of anilines is 1. The van der Waals surface area contributed by atoms with E-state index in [0.29, 0.717) is 6.54 Å². The van der Waals surface area contributed by atoms with Gasteiger partial charge in [0.1, 0.15) is 0 Å². The van der Waals surface area contributed by atoms with Crippen LogP contribution >= 0.6 is 15.9 Å². The van der Waals surface area contributed by atoms with Gasteiger partial charge in [-0.2, -0.15) is 5.26 Å². The zero-order valence-corrected chi connectivity index (χ0v) is 17.5. The van der Waals surface area contributed by atoms with E-state index in [0.717, 1.165) is 22.1 Å². The topological polar surface area (TPSA) is 73.2 Å². The first-order valence-corrected chi connectivity index (χ1v) is 10.0. The summed E-state index contributed by atoms with van der Waals surface area (Å²) in [5, 5.41) is 11.8. The molecule has 146 valence electrons. The molecule has 1 N–H and O–H groups in total. The SMILES string of the molecule is CC(Cc1ccc(Br)cc1)NC(=O)CCC(=O)N(CCC#N)c1ccccc1. The zero-order chi connectivity index (χ0) is 20.4. The Morgan fingerprint density at radius 1 is 1.11 bits per heavy atom. The molecule has 0 aromatic heterocycles. The molecule has 2 aromatic carbocycles. The van der Waals surface area contributed by atoms with Crippen LogP contribution in [-0.4, -0.2) is 24.4 Å². The van der Waals surface area contributed by atoms with Gasteiger partial charge in [0.05, 0.1) is 12.5 Å². The summed E-state index contributed by atoms with van der Waals surface area (Å²) in [6, 6.07) is 19.2. The van der Waals surface area contributed by atoms with Crippen molar-refractivity contribution in [1.82, 2.24) is 5.32 Å². The Kier molecular flexibility index (Phi) is 8.70. The number of nitrogens with zero attached hydrogens (tertiary/aromatic N) is 2. The van der Waals surface area contributed by atoms with Gasteiger partial charge in [-0.25, -0.2) is 0 Å². The molecule has 2 aromatic rings. The summed E-state index contributed by atoms with van der Waals surface area (Å²) in [5.41, 5.74) is 1.88. The van der Waals surface area contributed by atoms with Crippen molar-refractivity contribution in [3.8, 4) is 6.07 Å². The second-order valence-corrected chi connectivity index (χ2v) is 7.50. The van der Waals surface area contributed by atoms with E-state index >= 15 is 0 Å². The highest BCUT2D eigenvalue weighted by Crippen LogP contribution is 2.16. The lowest BCUT2D eigenvalue weighted by Crippen LogP contribution is -2.36. The molecule has 2 rings (SSSR count). The summed E-state index contributed by atoms with van der Waals surface area (Å²) in [4.78, 5) is 26.4. The van der Waals surface area contributed by atoms with Gasteiger partial charge in [-0.3, -0.25) is 9.59 Å². The molecule has 1 atom stereocenters. The van der Waals surface area contributed by atoms with E-state index < -0.39 is 0 Å². The third kappa shape index (κ3) is 7.16. The van der Waals surface area contributed by atoms with E-state index in [2.05, 4.69) is 27.3 Å². The van der Waals surface area contributed by atoms with Gasteiger partial charge in [0.15, 0.2) is 0 Å². The van der Waals surface area contributed by atoms with E-state index in [1.807, 2.05) is 61.5 Å². The van der Waals surface area contributed by atoms with Crippen LogP contribution in [0.4, 0.5) is 5.69 Å². The molecule has 5 nitrogen and oxygen atoms in total. The highest BCUT2D eigenvalue weighted by atomic mass is 79.9.